The number of fused-ring (bicyclic) bond motifs is 4. The van der Waals surface area contributed by atoms with E-state index in [4.69, 9.17) is 9.47 Å². The minimum atomic E-state index is -0.420. The van der Waals surface area contributed by atoms with E-state index in [0.717, 1.165) is 18.4 Å². The molecule has 5 atom stereocenters. The molecule has 0 radical (unpaired) electrons. The van der Waals surface area contributed by atoms with Crippen molar-refractivity contribution in [3.63, 3.8) is 0 Å². The van der Waals surface area contributed by atoms with E-state index in [2.05, 4.69) is 13.0 Å². The number of allylic oxidation sites excluding steroid dienone is 2. The van der Waals surface area contributed by atoms with Gasteiger partial charge in [0.1, 0.15) is 5.76 Å². The molecule has 1 N–H and O–H groups in total. The molecule has 0 spiro atoms. The van der Waals surface area contributed by atoms with Gasteiger partial charge in [0, 0.05) is 18.4 Å². The van der Waals surface area contributed by atoms with Crippen LogP contribution in [0.25, 0.3) is 0 Å². The zero-order valence-corrected chi connectivity index (χ0v) is 12.8. The number of rotatable bonds is 3. The van der Waals surface area contributed by atoms with E-state index in [-0.39, 0.29) is 18.0 Å². The van der Waals surface area contributed by atoms with Crippen LogP contribution in [0.3, 0.4) is 0 Å². The lowest BCUT2D eigenvalue weighted by Crippen LogP contribution is -2.34. The fraction of sp³-hybridized carbons (Fsp3) is 0.647. The Morgan fingerprint density at radius 2 is 2.27 bits per heavy atom. The molecule has 0 aromatic carbocycles. The number of carbonyl (C=O) groups excluding carboxylic acids is 2. The highest BCUT2D eigenvalue weighted by atomic mass is 16.5. The van der Waals surface area contributed by atoms with Crippen molar-refractivity contribution < 1.29 is 24.2 Å². The van der Waals surface area contributed by atoms with Crippen molar-refractivity contribution in [3.05, 3.63) is 23.0 Å². The first-order valence-electron chi connectivity index (χ1n) is 7.87. The van der Waals surface area contributed by atoms with Gasteiger partial charge in [-0.3, -0.25) is 4.79 Å². The number of esters is 2. The van der Waals surface area contributed by atoms with Crippen LogP contribution in [0.15, 0.2) is 23.0 Å². The zero-order chi connectivity index (χ0) is 15.6. The van der Waals surface area contributed by atoms with Gasteiger partial charge < -0.3 is 14.6 Å². The average Bonchev–Trinajstić information content (AvgIpc) is 3.13. The summed E-state index contributed by atoms with van der Waals surface area (Å²) < 4.78 is 10.6. The molecule has 4 rings (SSSR count). The van der Waals surface area contributed by atoms with Gasteiger partial charge in [-0.05, 0) is 42.1 Å². The maximum absolute atomic E-state index is 11.8. The molecule has 3 aliphatic carbocycles. The standard InChI is InChI=1S/C17H20O5/c1-8(19)21-7-12-9-3-13(9)17(2)5-15-10(4-14(12)17)11(6-18)16(20)22-15/h5,9,12-14,18H,3-4,6-7H2,1-2H3/t9?,12?,13?,14-,17+/m1/s1. The Morgan fingerprint density at radius 3 is 2.95 bits per heavy atom. The molecule has 1 heterocycles. The second kappa shape index (κ2) is 4.44. The Bertz CT molecular complexity index is 631. The number of ether oxygens (including phenoxy) is 2. The first-order valence-corrected chi connectivity index (χ1v) is 7.87. The molecule has 5 heteroatoms. The van der Waals surface area contributed by atoms with E-state index in [0.29, 0.717) is 41.6 Å². The largest absolute Gasteiger partial charge is 0.466 e. The first kappa shape index (κ1) is 14.0. The van der Waals surface area contributed by atoms with E-state index in [1.807, 2.05) is 0 Å². The molecule has 2 fully saturated rings. The van der Waals surface area contributed by atoms with Crippen molar-refractivity contribution in [3.8, 4) is 0 Å². The predicted octanol–water partition coefficient (Wildman–Crippen LogP) is 1.57. The zero-order valence-electron chi connectivity index (χ0n) is 12.8. The van der Waals surface area contributed by atoms with Gasteiger partial charge in [0.2, 0.25) is 0 Å². The highest BCUT2D eigenvalue weighted by molar-refractivity contribution is 5.95. The lowest BCUT2D eigenvalue weighted by atomic mass is 9.66. The van der Waals surface area contributed by atoms with Crippen molar-refractivity contribution in [2.24, 2.45) is 29.1 Å². The summed E-state index contributed by atoms with van der Waals surface area (Å²) in [6, 6.07) is 0. The van der Waals surface area contributed by atoms with Gasteiger partial charge in [-0.15, -0.1) is 0 Å². The van der Waals surface area contributed by atoms with Gasteiger partial charge in [0.25, 0.3) is 0 Å². The fourth-order valence-electron chi connectivity index (χ4n) is 4.97. The van der Waals surface area contributed by atoms with Crippen LogP contribution in [0.5, 0.6) is 0 Å². The molecule has 5 nitrogen and oxygen atoms in total. The van der Waals surface area contributed by atoms with Crippen molar-refractivity contribution in [1.82, 2.24) is 0 Å². The highest BCUT2D eigenvalue weighted by Gasteiger charge is 2.66. The van der Waals surface area contributed by atoms with Gasteiger partial charge in [-0.25, -0.2) is 4.79 Å². The summed E-state index contributed by atoms with van der Waals surface area (Å²) in [5.74, 6) is 1.84. The number of aliphatic hydroxyl groups excluding tert-OH is 1. The second-order valence-electron chi connectivity index (χ2n) is 7.16. The van der Waals surface area contributed by atoms with E-state index in [9.17, 15) is 14.7 Å². The maximum Gasteiger partial charge on any atom is 0.342 e. The molecule has 2 saturated carbocycles. The quantitative estimate of drug-likeness (QED) is 0.801. The molecule has 4 aliphatic rings. The molecular weight excluding hydrogens is 284 g/mol. The molecule has 0 saturated heterocycles. The average molecular weight is 304 g/mol. The minimum Gasteiger partial charge on any atom is -0.466 e. The molecule has 0 bridgehead atoms. The summed E-state index contributed by atoms with van der Waals surface area (Å²) in [4.78, 5) is 23.0. The first-order chi connectivity index (χ1) is 10.5. The molecule has 118 valence electrons. The van der Waals surface area contributed by atoms with Crippen LogP contribution in [0.2, 0.25) is 0 Å². The van der Waals surface area contributed by atoms with Crippen LogP contribution in [0.4, 0.5) is 0 Å². The Balaban J connectivity index is 1.68. The Morgan fingerprint density at radius 1 is 1.50 bits per heavy atom. The number of carbonyl (C=O) groups is 2. The van der Waals surface area contributed by atoms with Crippen LogP contribution in [-0.2, 0) is 19.1 Å². The lowest BCUT2D eigenvalue weighted by Gasteiger charge is -2.39. The predicted molar refractivity (Wildman–Crippen MR) is 76.2 cm³/mol. The third-order valence-electron chi connectivity index (χ3n) is 6.12. The van der Waals surface area contributed by atoms with E-state index in [1.54, 1.807) is 0 Å². The number of hydrogen-bond donors (Lipinski definition) is 1. The summed E-state index contributed by atoms with van der Waals surface area (Å²) >= 11 is 0. The minimum absolute atomic E-state index is 0.000495. The topological polar surface area (TPSA) is 72.8 Å². The second-order valence-corrected chi connectivity index (χ2v) is 7.16. The summed E-state index contributed by atoms with van der Waals surface area (Å²) in [7, 11) is 0. The number of aliphatic hydroxyl groups is 1. The Kier molecular flexibility index (Phi) is 2.83. The van der Waals surface area contributed by atoms with Crippen LogP contribution < -0.4 is 0 Å². The lowest BCUT2D eigenvalue weighted by molar-refractivity contribution is -0.143. The van der Waals surface area contributed by atoms with E-state index >= 15 is 0 Å². The van der Waals surface area contributed by atoms with E-state index < -0.39 is 5.97 Å². The Hall–Kier alpha value is -1.62. The van der Waals surface area contributed by atoms with Gasteiger partial charge in [0.05, 0.1) is 18.8 Å². The van der Waals surface area contributed by atoms with Crippen LogP contribution >= 0.6 is 0 Å². The summed E-state index contributed by atoms with van der Waals surface area (Å²) in [6.45, 7) is 3.84. The molecule has 0 amide bonds. The van der Waals surface area contributed by atoms with Crippen LogP contribution in [-0.4, -0.2) is 30.3 Å². The molecule has 0 aromatic heterocycles. The summed E-state index contributed by atoms with van der Waals surface area (Å²) in [6.07, 6.45) is 3.97. The van der Waals surface area contributed by atoms with Crippen LogP contribution in [0.1, 0.15) is 26.7 Å². The van der Waals surface area contributed by atoms with Gasteiger partial charge in [-0.1, -0.05) is 6.92 Å². The van der Waals surface area contributed by atoms with Crippen molar-refractivity contribution in [2.75, 3.05) is 13.2 Å². The molecule has 22 heavy (non-hydrogen) atoms. The third-order valence-corrected chi connectivity index (χ3v) is 6.12. The van der Waals surface area contributed by atoms with Gasteiger partial charge >= 0.3 is 11.9 Å². The van der Waals surface area contributed by atoms with Gasteiger partial charge in [0.15, 0.2) is 0 Å². The molecule has 1 aliphatic heterocycles. The molecule has 0 aromatic rings. The normalized spacial score (nSPS) is 41.4. The smallest absolute Gasteiger partial charge is 0.342 e. The highest BCUT2D eigenvalue weighted by Crippen LogP contribution is 2.71. The molecule has 3 unspecified atom stereocenters. The summed E-state index contributed by atoms with van der Waals surface area (Å²) in [5.41, 5.74) is 1.24. The van der Waals surface area contributed by atoms with Gasteiger partial charge in [-0.2, -0.15) is 0 Å². The molecular formula is C17H20O5. The summed E-state index contributed by atoms with van der Waals surface area (Å²) in [5, 5.41) is 9.43. The number of hydrogen-bond acceptors (Lipinski definition) is 5. The SMILES string of the molecule is CC(=O)OCC1C2CC2[C@]2(C)C=C3OC(=O)C(CO)=C3C[C@H]12. The van der Waals surface area contributed by atoms with Crippen molar-refractivity contribution in [1.29, 1.82) is 0 Å². The van der Waals surface area contributed by atoms with E-state index in [1.165, 1.54) is 6.92 Å². The monoisotopic (exact) mass is 304 g/mol. The van der Waals surface area contributed by atoms with Crippen molar-refractivity contribution in [2.45, 2.75) is 26.7 Å². The maximum atomic E-state index is 11.8. The Labute approximate surface area is 129 Å². The van der Waals surface area contributed by atoms with Crippen molar-refractivity contribution >= 4 is 11.9 Å². The third kappa shape index (κ3) is 1.75. The fourth-order valence-corrected chi connectivity index (χ4v) is 4.97. The van der Waals surface area contributed by atoms with Crippen LogP contribution in [0, 0.1) is 29.1 Å².